The minimum absolute atomic E-state index is 0.0663. The molecule has 1 aliphatic heterocycles. The van der Waals surface area contributed by atoms with Crippen LogP contribution in [0.1, 0.15) is 25.5 Å². The first-order valence-corrected chi connectivity index (χ1v) is 7.44. The van der Waals surface area contributed by atoms with Gasteiger partial charge in [-0.15, -0.1) is 0 Å². The molecule has 1 fully saturated rings. The summed E-state index contributed by atoms with van der Waals surface area (Å²) in [5, 5.41) is 0. The molecule has 0 spiro atoms. The number of hydrogen-bond acceptors (Lipinski definition) is 5. The number of methoxy groups -OCH3 is 3. The second kappa shape index (κ2) is 6.13. The van der Waals surface area contributed by atoms with E-state index in [4.69, 9.17) is 18.9 Å². The highest BCUT2D eigenvalue weighted by Gasteiger charge is 2.41. The van der Waals surface area contributed by atoms with E-state index in [1.807, 2.05) is 19.9 Å². The van der Waals surface area contributed by atoms with Crippen LogP contribution in [-0.2, 0) is 9.53 Å². The Hall–Kier alpha value is -1.43. The summed E-state index contributed by atoms with van der Waals surface area (Å²) in [6.45, 7) is 3.87. The highest BCUT2D eigenvalue weighted by Crippen LogP contribution is 2.50. The van der Waals surface area contributed by atoms with Gasteiger partial charge in [-0.25, -0.2) is 0 Å². The van der Waals surface area contributed by atoms with Crippen LogP contribution in [0.4, 0.5) is 0 Å². The molecule has 116 valence electrons. The van der Waals surface area contributed by atoms with Gasteiger partial charge in [0, 0.05) is 11.5 Å². The van der Waals surface area contributed by atoms with Crippen molar-refractivity contribution >= 4 is 21.9 Å². The van der Waals surface area contributed by atoms with Crippen LogP contribution in [0, 0.1) is 11.8 Å². The third-order valence-electron chi connectivity index (χ3n) is 3.99. The Morgan fingerprint density at radius 3 is 2.14 bits per heavy atom. The third kappa shape index (κ3) is 2.57. The number of carbonyl (C=O) groups excluding carboxylic acids is 1. The largest absolute Gasteiger partial charge is 0.493 e. The van der Waals surface area contributed by atoms with Crippen molar-refractivity contribution in [3.63, 3.8) is 0 Å². The van der Waals surface area contributed by atoms with Crippen molar-refractivity contribution in [3.8, 4) is 17.2 Å². The molecule has 0 bridgehead atoms. The fourth-order valence-electron chi connectivity index (χ4n) is 2.51. The summed E-state index contributed by atoms with van der Waals surface area (Å²) in [6, 6.07) is 1.82. The maximum absolute atomic E-state index is 11.8. The van der Waals surface area contributed by atoms with E-state index < -0.39 is 0 Å². The second-order valence-electron chi connectivity index (χ2n) is 5.05. The molecular formula is C15H19BrO5. The topological polar surface area (TPSA) is 54.0 Å². The molecule has 0 N–H and O–H groups in total. The van der Waals surface area contributed by atoms with E-state index in [0.717, 1.165) is 5.56 Å². The molecule has 6 heteroatoms. The highest BCUT2D eigenvalue weighted by molar-refractivity contribution is 9.10. The first kappa shape index (κ1) is 15.9. The minimum atomic E-state index is -0.337. The Bertz CT molecular complexity index is 557. The van der Waals surface area contributed by atoms with E-state index in [1.54, 1.807) is 21.3 Å². The van der Waals surface area contributed by atoms with Gasteiger partial charge >= 0.3 is 5.97 Å². The van der Waals surface area contributed by atoms with Crippen LogP contribution in [0.2, 0.25) is 0 Å². The van der Waals surface area contributed by atoms with Crippen molar-refractivity contribution in [2.75, 3.05) is 21.3 Å². The summed E-state index contributed by atoms with van der Waals surface area (Å²) in [7, 11) is 4.66. The number of hydrogen-bond donors (Lipinski definition) is 0. The van der Waals surface area contributed by atoms with Gasteiger partial charge in [-0.2, -0.15) is 0 Å². The van der Waals surface area contributed by atoms with Crippen molar-refractivity contribution in [3.05, 3.63) is 16.1 Å². The predicted octanol–water partition coefficient (Wildman–Crippen LogP) is 3.35. The standard InChI is InChI=1S/C15H19BrO5/c1-7-8(2)15(17)21-12(7)9-6-10(18-3)13(19-4)14(20-5)11(9)16/h6-8,12H,1-5H3/t7-,8+,12?/m1/s1. The summed E-state index contributed by atoms with van der Waals surface area (Å²) in [4.78, 5) is 11.8. The lowest BCUT2D eigenvalue weighted by atomic mass is 9.90. The van der Waals surface area contributed by atoms with E-state index in [0.29, 0.717) is 21.7 Å². The van der Waals surface area contributed by atoms with Gasteiger partial charge in [-0.05, 0) is 22.0 Å². The molecule has 2 rings (SSSR count). The first-order valence-electron chi connectivity index (χ1n) is 6.65. The van der Waals surface area contributed by atoms with Crippen LogP contribution < -0.4 is 14.2 Å². The van der Waals surface area contributed by atoms with Gasteiger partial charge < -0.3 is 18.9 Å². The number of carbonyl (C=O) groups is 1. The molecule has 0 radical (unpaired) electrons. The maximum atomic E-state index is 11.8. The Morgan fingerprint density at radius 1 is 1.10 bits per heavy atom. The molecule has 5 nitrogen and oxygen atoms in total. The van der Waals surface area contributed by atoms with E-state index in [-0.39, 0.29) is 23.9 Å². The lowest BCUT2D eigenvalue weighted by molar-refractivity contribution is -0.144. The molecule has 0 amide bonds. The van der Waals surface area contributed by atoms with E-state index in [9.17, 15) is 4.79 Å². The average Bonchev–Trinajstić information content (AvgIpc) is 2.74. The molecule has 21 heavy (non-hydrogen) atoms. The molecule has 3 atom stereocenters. The average molecular weight is 359 g/mol. The zero-order valence-corrected chi connectivity index (χ0v) is 14.3. The van der Waals surface area contributed by atoms with Gasteiger partial charge in [0.05, 0.1) is 31.7 Å². The number of esters is 1. The maximum Gasteiger partial charge on any atom is 0.309 e. The fraction of sp³-hybridized carbons (Fsp3) is 0.533. The number of ether oxygens (including phenoxy) is 4. The van der Waals surface area contributed by atoms with Crippen molar-refractivity contribution in [2.45, 2.75) is 20.0 Å². The summed E-state index contributed by atoms with van der Waals surface area (Å²) in [5.41, 5.74) is 0.815. The Morgan fingerprint density at radius 2 is 1.71 bits per heavy atom. The summed E-state index contributed by atoms with van der Waals surface area (Å²) in [6.07, 6.45) is -0.337. The molecule has 1 heterocycles. The number of halogens is 1. The fourth-order valence-corrected chi connectivity index (χ4v) is 3.19. The van der Waals surface area contributed by atoms with E-state index in [2.05, 4.69) is 15.9 Å². The van der Waals surface area contributed by atoms with Crippen LogP contribution in [0.15, 0.2) is 10.5 Å². The minimum Gasteiger partial charge on any atom is -0.493 e. The Balaban J connectivity index is 2.57. The normalized spacial score (nSPS) is 24.7. The van der Waals surface area contributed by atoms with Crippen LogP contribution in [0.5, 0.6) is 17.2 Å². The van der Waals surface area contributed by atoms with Crippen LogP contribution >= 0.6 is 15.9 Å². The zero-order chi connectivity index (χ0) is 15.7. The van der Waals surface area contributed by atoms with E-state index in [1.165, 1.54) is 0 Å². The molecule has 1 aliphatic rings. The Labute approximate surface area is 132 Å². The summed E-state index contributed by atoms with van der Waals surface area (Å²) in [5.74, 6) is 1.30. The number of rotatable bonds is 4. The molecule has 1 aromatic carbocycles. The molecule has 1 aromatic rings. The smallest absolute Gasteiger partial charge is 0.309 e. The van der Waals surface area contributed by atoms with Crippen LogP contribution in [0.3, 0.4) is 0 Å². The summed E-state index contributed by atoms with van der Waals surface area (Å²) >= 11 is 3.52. The molecule has 0 aromatic heterocycles. The van der Waals surface area contributed by atoms with Gasteiger partial charge in [-0.3, -0.25) is 4.79 Å². The molecule has 1 unspecified atom stereocenters. The van der Waals surface area contributed by atoms with Gasteiger partial charge in [-0.1, -0.05) is 13.8 Å². The van der Waals surface area contributed by atoms with Crippen LogP contribution in [0.25, 0.3) is 0 Å². The first-order chi connectivity index (χ1) is 9.96. The van der Waals surface area contributed by atoms with Gasteiger partial charge in [0.2, 0.25) is 5.75 Å². The summed E-state index contributed by atoms with van der Waals surface area (Å²) < 4.78 is 22.3. The molecule has 1 saturated heterocycles. The third-order valence-corrected chi connectivity index (χ3v) is 4.80. The van der Waals surface area contributed by atoms with Crippen molar-refractivity contribution in [2.24, 2.45) is 11.8 Å². The highest BCUT2D eigenvalue weighted by atomic mass is 79.9. The molecule has 0 saturated carbocycles. The zero-order valence-electron chi connectivity index (χ0n) is 12.7. The van der Waals surface area contributed by atoms with Crippen molar-refractivity contribution in [1.29, 1.82) is 0 Å². The monoisotopic (exact) mass is 358 g/mol. The van der Waals surface area contributed by atoms with E-state index >= 15 is 0 Å². The van der Waals surface area contributed by atoms with Gasteiger partial charge in [0.25, 0.3) is 0 Å². The quantitative estimate of drug-likeness (QED) is 0.772. The predicted molar refractivity (Wildman–Crippen MR) is 81.0 cm³/mol. The number of cyclic esters (lactones) is 1. The van der Waals surface area contributed by atoms with Gasteiger partial charge in [0.15, 0.2) is 11.5 Å². The number of benzene rings is 1. The lowest BCUT2D eigenvalue weighted by Crippen LogP contribution is -2.11. The van der Waals surface area contributed by atoms with Crippen molar-refractivity contribution in [1.82, 2.24) is 0 Å². The van der Waals surface area contributed by atoms with Gasteiger partial charge in [0.1, 0.15) is 6.10 Å². The molecule has 0 aliphatic carbocycles. The second-order valence-corrected chi connectivity index (χ2v) is 5.85. The molecular weight excluding hydrogens is 340 g/mol. The Kier molecular flexibility index (Phi) is 4.66. The SMILES string of the molecule is COc1cc(C2OC(=O)[C@@H](C)[C@H]2C)c(Br)c(OC)c1OC. The van der Waals surface area contributed by atoms with Crippen LogP contribution in [-0.4, -0.2) is 27.3 Å². The lowest BCUT2D eigenvalue weighted by Gasteiger charge is -2.21. The van der Waals surface area contributed by atoms with Crippen molar-refractivity contribution < 1.29 is 23.7 Å².